The van der Waals surface area contributed by atoms with E-state index in [1.54, 1.807) is 6.07 Å². The predicted octanol–water partition coefficient (Wildman–Crippen LogP) is 0.359. The zero-order valence-electron chi connectivity index (χ0n) is 11.6. The summed E-state index contributed by atoms with van der Waals surface area (Å²) in [5.41, 5.74) is 2.17. The molecule has 2 heteroatoms. The van der Waals surface area contributed by atoms with Gasteiger partial charge < -0.3 is 5.11 Å². The van der Waals surface area contributed by atoms with Crippen molar-refractivity contribution >= 4 is 0 Å². The molecule has 0 N–H and O–H groups in total. The molecule has 0 saturated carbocycles. The van der Waals surface area contributed by atoms with E-state index in [0.717, 1.165) is 5.56 Å². The van der Waals surface area contributed by atoms with Crippen LogP contribution in [-0.2, 0) is 10.8 Å². The first-order chi connectivity index (χ1) is 6.62. The monoisotopic (exact) mass is 228 g/mol. The third kappa shape index (κ3) is 3.80. The molecule has 0 fully saturated rings. The molecule has 1 rings (SSSR count). The van der Waals surface area contributed by atoms with Crippen LogP contribution in [-0.4, -0.2) is 0 Å². The second-order valence-corrected chi connectivity index (χ2v) is 6.21. The standard InChI is InChI=1S/C14H22O.Na/c1-13(2,3)10-7-8-12(15)11(9-10)14(4,5)6;/h7-9,15H,1-6H3;/q;+1/p-1. The Kier molecular flexibility index (Phi) is 5.12. The van der Waals surface area contributed by atoms with E-state index in [0.29, 0.717) is 0 Å². The summed E-state index contributed by atoms with van der Waals surface area (Å²) in [5, 5.41) is 11.7. The normalized spacial score (nSPS) is 12.1. The average Bonchev–Trinajstić information content (AvgIpc) is 2.00. The minimum Gasteiger partial charge on any atom is -0.872 e. The molecule has 16 heavy (non-hydrogen) atoms. The van der Waals surface area contributed by atoms with Gasteiger partial charge in [0, 0.05) is 0 Å². The van der Waals surface area contributed by atoms with Gasteiger partial charge >= 0.3 is 29.6 Å². The van der Waals surface area contributed by atoms with Gasteiger partial charge in [-0.2, -0.15) is 0 Å². The maximum atomic E-state index is 11.7. The molecule has 0 aliphatic heterocycles. The number of hydrogen-bond acceptors (Lipinski definition) is 1. The second kappa shape index (κ2) is 5.12. The molecule has 84 valence electrons. The van der Waals surface area contributed by atoms with Crippen molar-refractivity contribution in [3.8, 4) is 5.75 Å². The van der Waals surface area contributed by atoms with Crippen molar-refractivity contribution < 1.29 is 34.7 Å². The van der Waals surface area contributed by atoms with E-state index in [-0.39, 0.29) is 46.1 Å². The zero-order chi connectivity index (χ0) is 11.9. The van der Waals surface area contributed by atoms with Gasteiger partial charge in [0.05, 0.1) is 0 Å². The summed E-state index contributed by atoms with van der Waals surface area (Å²) in [6.45, 7) is 12.7. The van der Waals surface area contributed by atoms with Crippen LogP contribution in [0.5, 0.6) is 5.75 Å². The Morgan fingerprint density at radius 2 is 1.38 bits per heavy atom. The Labute approximate surface area is 122 Å². The van der Waals surface area contributed by atoms with E-state index in [4.69, 9.17) is 0 Å². The van der Waals surface area contributed by atoms with Gasteiger partial charge in [-0.1, -0.05) is 65.3 Å². The molecular weight excluding hydrogens is 207 g/mol. The fraction of sp³-hybridized carbons (Fsp3) is 0.571. The van der Waals surface area contributed by atoms with Crippen LogP contribution in [0.15, 0.2) is 18.2 Å². The summed E-state index contributed by atoms with van der Waals surface area (Å²) >= 11 is 0. The third-order valence-electron chi connectivity index (χ3n) is 2.65. The van der Waals surface area contributed by atoms with Gasteiger partial charge in [-0.05, 0) is 16.4 Å². The summed E-state index contributed by atoms with van der Waals surface area (Å²) in [4.78, 5) is 0. The van der Waals surface area contributed by atoms with Crippen LogP contribution in [0.25, 0.3) is 0 Å². The first-order valence-corrected chi connectivity index (χ1v) is 5.44. The Bertz CT molecular complexity index is 356. The SMILES string of the molecule is CC(C)(C)c1ccc([O-])c(C(C)(C)C)c1.[Na+]. The number of rotatable bonds is 0. The summed E-state index contributed by atoms with van der Waals surface area (Å²) < 4.78 is 0. The molecule has 0 aliphatic rings. The summed E-state index contributed by atoms with van der Waals surface area (Å²) in [6, 6.07) is 5.70. The molecule has 0 radical (unpaired) electrons. The van der Waals surface area contributed by atoms with Crippen LogP contribution >= 0.6 is 0 Å². The van der Waals surface area contributed by atoms with Gasteiger partial charge in [-0.15, -0.1) is 5.75 Å². The first-order valence-electron chi connectivity index (χ1n) is 5.44. The van der Waals surface area contributed by atoms with Gasteiger partial charge in [-0.25, -0.2) is 0 Å². The van der Waals surface area contributed by atoms with E-state index >= 15 is 0 Å². The van der Waals surface area contributed by atoms with Crippen LogP contribution in [0.4, 0.5) is 0 Å². The zero-order valence-corrected chi connectivity index (χ0v) is 13.6. The quantitative estimate of drug-likeness (QED) is 0.588. The van der Waals surface area contributed by atoms with Gasteiger partial charge in [-0.3, -0.25) is 0 Å². The maximum absolute atomic E-state index is 11.7. The average molecular weight is 228 g/mol. The molecule has 1 nitrogen and oxygen atoms in total. The molecule has 0 atom stereocenters. The fourth-order valence-corrected chi connectivity index (χ4v) is 1.58. The molecule has 0 saturated heterocycles. The van der Waals surface area contributed by atoms with Gasteiger partial charge in [0.2, 0.25) is 0 Å². The summed E-state index contributed by atoms with van der Waals surface area (Å²) in [7, 11) is 0. The number of hydrogen-bond donors (Lipinski definition) is 0. The Hall–Kier alpha value is 0.0200. The van der Waals surface area contributed by atoms with E-state index in [1.807, 2.05) is 6.07 Å². The summed E-state index contributed by atoms with van der Waals surface area (Å²) in [6.07, 6.45) is 0. The fourth-order valence-electron chi connectivity index (χ4n) is 1.58. The van der Waals surface area contributed by atoms with Crippen molar-refractivity contribution in [3.05, 3.63) is 29.3 Å². The molecule has 0 unspecified atom stereocenters. The van der Waals surface area contributed by atoms with Crippen molar-refractivity contribution in [2.75, 3.05) is 0 Å². The molecule has 0 aliphatic carbocycles. The van der Waals surface area contributed by atoms with Crippen LogP contribution in [0.2, 0.25) is 0 Å². The van der Waals surface area contributed by atoms with Gasteiger partial charge in [0.15, 0.2) is 0 Å². The minimum atomic E-state index is -0.0711. The predicted molar refractivity (Wildman–Crippen MR) is 63.3 cm³/mol. The molecule has 0 amide bonds. The Morgan fingerprint density at radius 1 is 0.875 bits per heavy atom. The van der Waals surface area contributed by atoms with Gasteiger partial charge in [0.25, 0.3) is 0 Å². The van der Waals surface area contributed by atoms with Crippen molar-refractivity contribution in [3.63, 3.8) is 0 Å². The van der Waals surface area contributed by atoms with Crippen LogP contribution in [0.3, 0.4) is 0 Å². The second-order valence-electron chi connectivity index (χ2n) is 6.21. The Morgan fingerprint density at radius 3 is 1.75 bits per heavy atom. The third-order valence-corrected chi connectivity index (χ3v) is 2.65. The maximum Gasteiger partial charge on any atom is 1.00 e. The van der Waals surface area contributed by atoms with Crippen LogP contribution in [0, 0.1) is 0 Å². The molecular formula is C14H21NaO. The van der Waals surface area contributed by atoms with Crippen LogP contribution in [0.1, 0.15) is 52.7 Å². The first kappa shape index (κ1) is 16.0. The van der Waals surface area contributed by atoms with Crippen molar-refractivity contribution in [2.45, 2.75) is 52.4 Å². The van der Waals surface area contributed by atoms with Crippen LogP contribution < -0.4 is 34.7 Å². The number of benzene rings is 1. The van der Waals surface area contributed by atoms with E-state index in [9.17, 15) is 5.11 Å². The molecule has 0 aromatic heterocycles. The Balaban J connectivity index is 0.00000225. The molecule has 0 heterocycles. The largest absolute Gasteiger partial charge is 1.00 e. The molecule has 1 aromatic carbocycles. The van der Waals surface area contributed by atoms with Gasteiger partial charge in [0.1, 0.15) is 0 Å². The topological polar surface area (TPSA) is 23.1 Å². The smallest absolute Gasteiger partial charge is 0.872 e. The summed E-state index contributed by atoms with van der Waals surface area (Å²) in [5.74, 6) is 0.149. The van der Waals surface area contributed by atoms with Crippen molar-refractivity contribution in [1.29, 1.82) is 0 Å². The van der Waals surface area contributed by atoms with Crippen molar-refractivity contribution in [1.82, 2.24) is 0 Å². The minimum absolute atomic E-state index is 0. The van der Waals surface area contributed by atoms with E-state index in [2.05, 4.69) is 47.6 Å². The van der Waals surface area contributed by atoms with Crippen molar-refractivity contribution in [2.24, 2.45) is 0 Å². The molecule has 0 bridgehead atoms. The molecule has 0 spiro atoms. The van der Waals surface area contributed by atoms with E-state index in [1.165, 1.54) is 5.56 Å². The molecule has 1 aromatic rings. The van der Waals surface area contributed by atoms with E-state index < -0.39 is 0 Å².